The number of allylic oxidation sites excluding steroid dienone is 1. The molecule has 0 spiro atoms. The van der Waals surface area contributed by atoms with Crippen molar-refractivity contribution < 1.29 is 0 Å². The molecule has 4 nitrogen and oxygen atoms in total. The molecule has 4 heteroatoms. The number of hydrogen-bond acceptors (Lipinski definition) is 4. The van der Waals surface area contributed by atoms with E-state index >= 15 is 0 Å². The lowest BCUT2D eigenvalue weighted by molar-refractivity contribution is 0.444. The molecule has 1 aliphatic carbocycles. The Morgan fingerprint density at radius 3 is 2.96 bits per heavy atom. The molecule has 1 aromatic heterocycles. The molecule has 1 unspecified atom stereocenters. The molecule has 1 aromatic rings. The smallest absolute Gasteiger partial charge is 0.134 e. The summed E-state index contributed by atoms with van der Waals surface area (Å²) in [6, 6.07) is 2.13. The van der Waals surface area contributed by atoms with Crippen molar-refractivity contribution in [3.63, 3.8) is 0 Å². The molecule has 0 radical (unpaired) electrons. The Morgan fingerprint density at radius 2 is 2.17 bits per heavy atom. The predicted molar refractivity (Wildman–Crippen MR) is 97.0 cm³/mol. The van der Waals surface area contributed by atoms with Gasteiger partial charge in [-0.2, -0.15) is 0 Å². The van der Waals surface area contributed by atoms with Gasteiger partial charge in [-0.25, -0.2) is 9.97 Å². The quantitative estimate of drug-likeness (QED) is 0.822. The Balaban J connectivity index is 1.59. The highest BCUT2D eigenvalue weighted by Crippen LogP contribution is 2.24. The molecule has 126 valence electrons. The summed E-state index contributed by atoms with van der Waals surface area (Å²) in [5.74, 6) is 3.68. The van der Waals surface area contributed by atoms with E-state index in [0.29, 0.717) is 0 Å². The fourth-order valence-electron chi connectivity index (χ4n) is 3.68. The lowest BCUT2D eigenvalue weighted by Crippen LogP contribution is -2.35. The number of rotatable bonds is 5. The summed E-state index contributed by atoms with van der Waals surface area (Å²) in [6.07, 6.45) is 11.4. The number of nitrogens with zero attached hydrogens (tertiary/aromatic N) is 3. The molecule has 1 N–H and O–H groups in total. The van der Waals surface area contributed by atoms with Crippen LogP contribution in [0.15, 0.2) is 17.7 Å². The number of aryl methyl sites for hydroxylation is 1. The Bertz CT molecular complexity index is 552. The van der Waals surface area contributed by atoms with Crippen molar-refractivity contribution in [1.29, 1.82) is 0 Å². The van der Waals surface area contributed by atoms with E-state index < -0.39 is 0 Å². The average Bonchev–Trinajstić information content (AvgIpc) is 2.55. The zero-order chi connectivity index (χ0) is 16.1. The second-order valence-corrected chi connectivity index (χ2v) is 7.14. The van der Waals surface area contributed by atoms with Crippen LogP contribution in [-0.2, 0) is 0 Å². The third-order valence-electron chi connectivity index (χ3n) is 4.94. The Hall–Kier alpha value is -1.58. The summed E-state index contributed by atoms with van der Waals surface area (Å²) in [4.78, 5) is 11.6. The SMILES string of the molecule is Cc1nc(NCCC2=CCCCC2)cc(N2CCCC(C)C2)n1. The largest absolute Gasteiger partial charge is 0.370 e. The van der Waals surface area contributed by atoms with Crippen LogP contribution in [0.4, 0.5) is 11.6 Å². The summed E-state index contributed by atoms with van der Waals surface area (Å²) in [6.45, 7) is 7.52. The maximum absolute atomic E-state index is 4.65. The van der Waals surface area contributed by atoms with E-state index in [0.717, 1.165) is 49.4 Å². The number of nitrogens with one attached hydrogen (secondary N) is 1. The van der Waals surface area contributed by atoms with Gasteiger partial charge in [0, 0.05) is 25.7 Å². The van der Waals surface area contributed by atoms with Crippen LogP contribution in [0.3, 0.4) is 0 Å². The van der Waals surface area contributed by atoms with E-state index in [1.54, 1.807) is 5.57 Å². The minimum absolute atomic E-state index is 0.758. The standard InChI is InChI=1S/C19H30N4/c1-15-7-6-12-23(14-15)19-13-18(21-16(2)22-19)20-11-10-17-8-4-3-5-9-17/h8,13,15H,3-7,9-12,14H2,1-2H3,(H,20,21,22). The third kappa shape index (κ3) is 4.69. The van der Waals surface area contributed by atoms with Crippen molar-refractivity contribution in [3.05, 3.63) is 23.5 Å². The molecule has 2 aliphatic rings. The van der Waals surface area contributed by atoms with Crippen LogP contribution < -0.4 is 10.2 Å². The predicted octanol–water partition coefficient (Wildman–Crippen LogP) is 4.32. The van der Waals surface area contributed by atoms with Gasteiger partial charge in [-0.1, -0.05) is 18.6 Å². The van der Waals surface area contributed by atoms with Gasteiger partial charge in [0.1, 0.15) is 17.5 Å². The van der Waals surface area contributed by atoms with Gasteiger partial charge in [0.05, 0.1) is 0 Å². The summed E-state index contributed by atoms with van der Waals surface area (Å²) in [5, 5.41) is 3.50. The summed E-state index contributed by atoms with van der Waals surface area (Å²) < 4.78 is 0. The van der Waals surface area contributed by atoms with Gasteiger partial charge >= 0.3 is 0 Å². The highest BCUT2D eigenvalue weighted by atomic mass is 15.2. The summed E-state index contributed by atoms with van der Waals surface area (Å²) in [5.41, 5.74) is 1.61. The summed E-state index contributed by atoms with van der Waals surface area (Å²) >= 11 is 0. The number of anilines is 2. The second kappa shape index (κ2) is 7.80. The van der Waals surface area contributed by atoms with Gasteiger partial charge in [0.15, 0.2) is 0 Å². The van der Waals surface area contributed by atoms with Gasteiger partial charge in [0.2, 0.25) is 0 Å². The van der Waals surface area contributed by atoms with E-state index in [1.807, 2.05) is 6.92 Å². The summed E-state index contributed by atoms with van der Waals surface area (Å²) in [7, 11) is 0. The second-order valence-electron chi connectivity index (χ2n) is 7.14. The lowest BCUT2D eigenvalue weighted by Gasteiger charge is -2.32. The van der Waals surface area contributed by atoms with E-state index in [-0.39, 0.29) is 0 Å². The monoisotopic (exact) mass is 314 g/mol. The van der Waals surface area contributed by atoms with Gasteiger partial charge in [-0.05, 0) is 57.8 Å². The van der Waals surface area contributed by atoms with Gasteiger partial charge in [-0.3, -0.25) is 0 Å². The van der Waals surface area contributed by atoms with E-state index in [9.17, 15) is 0 Å². The van der Waals surface area contributed by atoms with E-state index in [4.69, 9.17) is 0 Å². The van der Waals surface area contributed by atoms with Crippen LogP contribution >= 0.6 is 0 Å². The normalized spacial score (nSPS) is 21.9. The van der Waals surface area contributed by atoms with Crippen molar-refractivity contribution >= 4 is 11.6 Å². The molecule has 0 amide bonds. The van der Waals surface area contributed by atoms with Crippen LogP contribution in [0.1, 0.15) is 57.7 Å². The minimum Gasteiger partial charge on any atom is -0.370 e. The van der Waals surface area contributed by atoms with Gasteiger partial charge in [0.25, 0.3) is 0 Å². The van der Waals surface area contributed by atoms with Gasteiger partial charge in [-0.15, -0.1) is 0 Å². The van der Waals surface area contributed by atoms with E-state index in [2.05, 4.69) is 39.3 Å². The first kappa shape index (κ1) is 16.3. The molecule has 0 bridgehead atoms. The molecule has 1 atom stereocenters. The van der Waals surface area contributed by atoms with Crippen molar-refractivity contribution in [3.8, 4) is 0 Å². The topological polar surface area (TPSA) is 41.1 Å². The molecular weight excluding hydrogens is 284 g/mol. The number of hydrogen-bond donors (Lipinski definition) is 1. The fourth-order valence-corrected chi connectivity index (χ4v) is 3.68. The Kier molecular flexibility index (Phi) is 5.52. The van der Waals surface area contributed by atoms with Crippen molar-refractivity contribution in [2.45, 2.75) is 58.8 Å². The van der Waals surface area contributed by atoms with Crippen molar-refractivity contribution in [2.24, 2.45) is 5.92 Å². The van der Waals surface area contributed by atoms with Crippen molar-refractivity contribution in [1.82, 2.24) is 9.97 Å². The highest BCUT2D eigenvalue weighted by molar-refractivity contribution is 5.49. The fraction of sp³-hybridized carbons (Fsp3) is 0.684. The molecular formula is C19H30N4. The van der Waals surface area contributed by atoms with Crippen LogP contribution in [0.2, 0.25) is 0 Å². The first-order valence-corrected chi connectivity index (χ1v) is 9.23. The highest BCUT2D eigenvalue weighted by Gasteiger charge is 2.18. The molecule has 2 heterocycles. The van der Waals surface area contributed by atoms with Gasteiger partial charge < -0.3 is 10.2 Å². The first-order valence-electron chi connectivity index (χ1n) is 9.23. The van der Waals surface area contributed by atoms with E-state index in [1.165, 1.54) is 38.5 Å². The van der Waals surface area contributed by atoms with Crippen LogP contribution in [-0.4, -0.2) is 29.6 Å². The molecule has 23 heavy (non-hydrogen) atoms. The molecule has 1 fully saturated rings. The first-order chi connectivity index (χ1) is 11.2. The van der Waals surface area contributed by atoms with Crippen LogP contribution in [0, 0.1) is 12.8 Å². The molecule has 3 rings (SSSR count). The lowest BCUT2D eigenvalue weighted by atomic mass is 9.97. The molecule has 0 aromatic carbocycles. The zero-order valence-electron chi connectivity index (χ0n) is 14.6. The maximum atomic E-state index is 4.65. The maximum Gasteiger partial charge on any atom is 0.134 e. The third-order valence-corrected chi connectivity index (χ3v) is 4.94. The minimum atomic E-state index is 0.758. The Labute approximate surface area is 140 Å². The number of piperidine rings is 1. The molecule has 1 aliphatic heterocycles. The number of aromatic nitrogens is 2. The van der Waals surface area contributed by atoms with Crippen molar-refractivity contribution in [2.75, 3.05) is 29.9 Å². The van der Waals surface area contributed by atoms with Crippen LogP contribution in [0.25, 0.3) is 0 Å². The van der Waals surface area contributed by atoms with Crippen LogP contribution in [0.5, 0.6) is 0 Å². The molecule has 0 saturated carbocycles. The Morgan fingerprint density at radius 1 is 1.26 bits per heavy atom. The average molecular weight is 314 g/mol. The molecule has 1 saturated heterocycles. The zero-order valence-corrected chi connectivity index (χ0v) is 14.6.